The maximum absolute atomic E-state index is 13.2. The van der Waals surface area contributed by atoms with Crippen LogP contribution in [0.1, 0.15) is 32.8 Å². The van der Waals surface area contributed by atoms with Gasteiger partial charge in [0.2, 0.25) is 5.95 Å². The predicted molar refractivity (Wildman–Crippen MR) is 146 cm³/mol. The summed E-state index contributed by atoms with van der Waals surface area (Å²) in [6.07, 6.45) is -2.87. The van der Waals surface area contributed by atoms with Crippen molar-refractivity contribution in [2.24, 2.45) is 5.73 Å². The van der Waals surface area contributed by atoms with Gasteiger partial charge in [0.15, 0.2) is 11.0 Å². The molecular weight excluding hydrogens is 549 g/mol. The Labute approximate surface area is 232 Å². The predicted octanol–water partition coefficient (Wildman–Crippen LogP) is 5.14. The van der Waals surface area contributed by atoms with Crippen LogP contribution in [0.5, 0.6) is 5.75 Å². The van der Waals surface area contributed by atoms with Crippen LogP contribution in [0, 0.1) is 6.92 Å². The van der Waals surface area contributed by atoms with Gasteiger partial charge in [-0.3, -0.25) is 0 Å². The van der Waals surface area contributed by atoms with Crippen molar-refractivity contribution in [1.29, 1.82) is 0 Å². The standard InChI is InChI=1S/C26H31F3N6O4S/c1-17-16-31-24(33-18-9-11-20(12-10-18)38-14-6-13-30)34-22(17)32-19-7-5-8-21(15-19)40(37)35(25(2,3)4)39-23(36)26(27,28)29/h5,7-12,15-16H,6,13-14,30H2,1-4H3,(H2,31,32,33,34). The van der Waals surface area contributed by atoms with E-state index in [4.69, 9.17) is 10.5 Å². The first-order valence-electron chi connectivity index (χ1n) is 12.2. The van der Waals surface area contributed by atoms with Crippen LogP contribution >= 0.6 is 0 Å². The Balaban J connectivity index is 1.76. The SMILES string of the molecule is Cc1cnc(Nc2ccc(OCCCN)cc2)nc1Nc1cccc(S(=O)N(OC(=O)C(F)(F)F)C(C)(C)C)c1. The highest BCUT2D eigenvalue weighted by molar-refractivity contribution is 7.82. The van der Waals surface area contributed by atoms with Crippen LogP contribution in [-0.2, 0) is 20.6 Å². The molecule has 3 aromatic rings. The monoisotopic (exact) mass is 580 g/mol. The summed E-state index contributed by atoms with van der Waals surface area (Å²) < 4.78 is 57.8. The first-order valence-corrected chi connectivity index (χ1v) is 13.3. The number of hydroxylamine groups is 1. The number of nitrogens with zero attached hydrogens (tertiary/aromatic N) is 3. The maximum Gasteiger partial charge on any atom is 0.492 e. The zero-order chi connectivity index (χ0) is 29.5. The van der Waals surface area contributed by atoms with Crippen LogP contribution in [0.4, 0.5) is 36.3 Å². The number of halogens is 3. The summed E-state index contributed by atoms with van der Waals surface area (Å²) in [5.41, 5.74) is 6.16. The largest absolute Gasteiger partial charge is 0.494 e. The lowest BCUT2D eigenvalue weighted by atomic mass is 10.1. The number of rotatable bonds is 11. The van der Waals surface area contributed by atoms with E-state index in [0.29, 0.717) is 46.4 Å². The number of ether oxygens (including phenoxy) is 1. The molecule has 0 bridgehead atoms. The zero-order valence-electron chi connectivity index (χ0n) is 22.4. The molecule has 3 rings (SSSR count). The topological polar surface area (TPSA) is 132 Å². The van der Waals surface area contributed by atoms with E-state index < -0.39 is 28.7 Å². The van der Waals surface area contributed by atoms with Crippen molar-refractivity contribution in [3.05, 3.63) is 60.3 Å². The van der Waals surface area contributed by atoms with Crippen LogP contribution in [0.25, 0.3) is 0 Å². The van der Waals surface area contributed by atoms with E-state index >= 15 is 0 Å². The van der Waals surface area contributed by atoms with E-state index in [9.17, 15) is 22.2 Å². The Bertz CT molecular complexity index is 1330. The minimum absolute atomic E-state index is 0.105. The number of nitrogens with one attached hydrogen (secondary N) is 2. The molecule has 0 radical (unpaired) electrons. The first kappa shape index (κ1) is 30.8. The highest BCUT2D eigenvalue weighted by Crippen LogP contribution is 2.28. The Morgan fingerprint density at radius 2 is 1.77 bits per heavy atom. The summed E-state index contributed by atoms with van der Waals surface area (Å²) in [4.78, 5) is 24.9. The van der Waals surface area contributed by atoms with Gasteiger partial charge >= 0.3 is 12.1 Å². The molecule has 1 unspecified atom stereocenters. The number of aryl methyl sites for hydroxylation is 1. The molecule has 2 aromatic carbocycles. The van der Waals surface area contributed by atoms with E-state index in [0.717, 1.165) is 12.1 Å². The second kappa shape index (κ2) is 13.1. The van der Waals surface area contributed by atoms with Gasteiger partial charge in [0, 0.05) is 23.1 Å². The maximum atomic E-state index is 13.2. The molecule has 1 atom stereocenters. The minimum atomic E-state index is -5.24. The van der Waals surface area contributed by atoms with Crippen molar-refractivity contribution in [2.75, 3.05) is 23.8 Å². The molecule has 0 aliphatic rings. The van der Waals surface area contributed by atoms with Crippen LogP contribution in [0.3, 0.4) is 0 Å². The molecule has 0 saturated heterocycles. The second-order valence-electron chi connectivity index (χ2n) is 9.57. The van der Waals surface area contributed by atoms with Gasteiger partial charge in [-0.1, -0.05) is 6.07 Å². The summed E-state index contributed by atoms with van der Waals surface area (Å²) in [5.74, 6) is -1.00. The lowest BCUT2D eigenvalue weighted by molar-refractivity contribution is -0.230. The smallest absolute Gasteiger partial charge is 0.492 e. The van der Waals surface area contributed by atoms with Gasteiger partial charge in [-0.25, -0.2) is 14.0 Å². The Hall–Kier alpha value is -3.75. The van der Waals surface area contributed by atoms with Crippen LogP contribution in [0.2, 0.25) is 0 Å². The van der Waals surface area contributed by atoms with Crippen LogP contribution in [0.15, 0.2) is 59.6 Å². The molecule has 40 heavy (non-hydrogen) atoms. The molecule has 10 nitrogen and oxygen atoms in total. The molecule has 0 aliphatic heterocycles. The summed E-state index contributed by atoms with van der Waals surface area (Å²) in [7, 11) is -2.27. The first-order chi connectivity index (χ1) is 18.8. The highest BCUT2D eigenvalue weighted by Gasteiger charge is 2.45. The van der Waals surface area contributed by atoms with E-state index in [1.54, 1.807) is 25.3 Å². The number of hydrogen-bond donors (Lipinski definition) is 3. The lowest BCUT2D eigenvalue weighted by Gasteiger charge is -2.31. The quantitative estimate of drug-likeness (QED) is 0.208. The van der Waals surface area contributed by atoms with E-state index in [1.165, 1.54) is 32.9 Å². The third-order valence-electron chi connectivity index (χ3n) is 5.09. The van der Waals surface area contributed by atoms with Crippen molar-refractivity contribution in [2.45, 2.75) is 50.7 Å². The van der Waals surface area contributed by atoms with Gasteiger partial charge in [0.25, 0.3) is 0 Å². The highest BCUT2D eigenvalue weighted by atomic mass is 32.2. The molecule has 216 valence electrons. The molecule has 0 fully saturated rings. The van der Waals surface area contributed by atoms with Gasteiger partial charge in [-0.2, -0.15) is 18.2 Å². The normalized spacial score (nSPS) is 12.6. The molecular formula is C26H31F3N6O4S. The van der Waals surface area contributed by atoms with E-state index in [-0.39, 0.29) is 4.90 Å². The van der Waals surface area contributed by atoms with Crippen molar-refractivity contribution in [3.8, 4) is 5.75 Å². The van der Waals surface area contributed by atoms with Gasteiger partial charge in [-0.05, 0) is 87.6 Å². The third kappa shape index (κ3) is 8.63. The van der Waals surface area contributed by atoms with Gasteiger partial charge in [0.05, 0.1) is 17.0 Å². The number of hydrogen-bond acceptors (Lipinski definition) is 9. The molecule has 1 aromatic heterocycles. The summed E-state index contributed by atoms with van der Waals surface area (Å²) in [6.45, 7) is 7.28. The van der Waals surface area contributed by atoms with Gasteiger partial charge in [0.1, 0.15) is 11.6 Å². The second-order valence-corrected chi connectivity index (χ2v) is 10.9. The lowest BCUT2D eigenvalue weighted by Crippen LogP contribution is -2.46. The minimum Gasteiger partial charge on any atom is -0.494 e. The zero-order valence-corrected chi connectivity index (χ0v) is 23.2. The molecule has 0 spiro atoms. The fraction of sp³-hybridized carbons (Fsp3) is 0.346. The van der Waals surface area contributed by atoms with Crippen molar-refractivity contribution in [1.82, 2.24) is 14.4 Å². The van der Waals surface area contributed by atoms with Crippen molar-refractivity contribution < 1.29 is 31.7 Å². The Morgan fingerprint density at radius 1 is 1.07 bits per heavy atom. The number of nitrogens with two attached hydrogens (primary N) is 1. The fourth-order valence-electron chi connectivity index (χ4n) is 3.13. The number of anilines is 4. The number of benzene rings is 2. The number of carbonyl (C=O) groups is 1. The average molecular weight is 581 g/mol. The van der Waals surface area contributed by atoms with Crippen LogP contribution in [-0.4, -0.2) is 49.5 Å². The average Bonchev–Trinajstić information content (AvgIpc) is 2.89. The van der Waals surface area contributed by atoms with Crippen molar-refractivity contribution >= 4 is 40.1 Å². The molecule has 14 heteroatoms. The summed E-state index contributed by atoms with van der Waals surface area (Å²) in [5, 5.41) is 6.22. The summed E-state index contributed by atoms with van der Waals surface area (Å²) >= 11 is 0. The molecule has 0 saturated carbocycles. The fourth-order valence-corrected chi connectivity index (χ4v) is 4.37. The van der Waals surface area contributed by atoms with Gasteiger partial charge in [-0.15, -0.1) is 0 Å². The van der Waals surface area contributed by atoms with Crippen molar-refractivity contribution in [3.63, 3.8) is 0 Å². The molecule has 0 amide bonds. The number of carbonyl (C=O) groups excluding carboxylic acids is 1. The Kier molecular flexibility index (Phi) is 10.1. The molecule has 0 aliphatic carbocycles. The molecule has 1 heterocycles. The molecule has 4 N–H and O–H groups in total. The summed E-state index contributed by atoms with van der Waals surface area (Å²) in [6, 6.07) is 13.4. The van der Waals surface area contributed by atoms with Gasteiger partial charge < -0.3 is 25.9 Å². The third-order valence-corrected chi connectivity index (χ3v) is 6.67. The van der Waals surface area contributed by atoms with E-state index in [2.05, 4.69) is 25.4 Å². The number of alkyl halides is 3. The van der Waals surface area contributed by atoms with Crippen LogP contribution < -0.4 is 21.1 Å². The Morgan fingerprint density at radius 3 is 2.40 bits per heavy atom. The van der Waals surface area contributed by atoms with E-state index in [1.807, 2.05) is 24.3 Å². The number of aromatic nitrogens is 2.